The first-order valence-electron chi connectivity index (χ1n) is 6.09. The highest BCUT2D eigenvalue weighted by molar-refractivity contribution is 7.77. The Bertz CT molecular complexity index is 382. The highest BCUT2D eigenvalue weighted by Crippen LogP contribution is 2.23. The molecule has 0 radical (unpaired) electrons. The van der Waals surface area contributed by atoms with Crippen LogP contribution in [0, 0.1) is 5.92 Å². The van der Waals surface area contributed by atoms with Crippen molar-refractivity contribution in [3.8, 4) is 0 Å². The third kappa shape index (κ3) is 4.01. The van der Waals surface area contributed by atoms with Crippen LogP contribution in [0.5, 0.6) is 0 Å². The fourth-order valence-electron chi connectivity index (χ4n) is 2.27. The largest absolute Gasteiger partial charge is 0.760 e. The van der Waals surface area contributed by atoms with Crippen LogP contribution < -0.4 is 9.62 Å². The first-order chi connectivity index (χ1) is 8.75. The molecule has 1 aliphatic heterocycles. The van der Waals surface area contributed by atoms with Gasteiger partial charge in [0.25, 0.3) is 0 Å². The van der Waals surface area contributed by atoms with E-state index < -0.39 is 11.3 Å². The van der Waals surface area contributed by atoms with E-state index in [0.29, 0.717) is 12.5 Å². The van der Waals surface area contributed by atoms with Gasteiger partial charge in [0.05, 0.1) is 0 Å². The smallest absolute Gasteiger partial charge is 0.131 e. The second-order valence-corrected chi connectivity index (χ2v) is 5.17. The molecule has 0 aliphatic carbocycles. The number of piperidine rings is 1. The molecule has 1 aromatic rings. The summed E-state index contributed by atoms with van der Waals surface area (Å²) in [7, 11) is 0. The molecule has 2 rings (SSSR count). The summed E-state index contributed by atoms with van der Waals surface area (Å²) >= 11 is -2.13. The lowest BCUT2D eigenvalue weighted by Gasteiger charge is -2.32. The molecular weight excluding hydrogens is 252 g/mol. The number of nitrogens with one attached hydrogen (secondary N) is 1. The molecule has 0 aromatic carbocycles. The van der Waals surface area contributed by atoms with E-state index >= 15 is 0 Å². The van der Waals surface area contributed by atoms with Crippen molar-refractivity contribution in [2.75, 3.05) is 24.5 Å². The lowest BCUT2D eigenvalue weighted by atomic mass is 9.94. The summed E-state index contributed by atoms with van der Waals surface area (Å²) in [5, 5.41) is 0. The van der Waals surface area contributed by atoms with Crippen LogP contribution in [0.15, 0.2) is 18.6 Å². The predicted molar refractivity (Wildman–Crippen MR) is 68.5 cm³/mol. The monoisotopic (exact) mass is 269 g/mol. The zero-order valence-electron chi connectivity index (χ0n) is 10.1. The summed E-state index contributed by atoms with van der Waals surface area (Å²) in [6.45, 7) is 2.48. The highest BCUT2D eigenvalue weighted by Gasteiger charge is 2.19. The molecule has 0 spiro atoms. The lowest BCUT2D eigenvalue weighted by Crippen LogP contribution is -2.35. The van der Waals surface area contributed by atoms with Crippen LogP contribution in [-0.4, -0.2) is 38.4 Å². The number of rotatable bonds is 5. The van der Waals surface area contributed by atoms with Gasteiger partial charge in [0.2, 0.25) is 0 Å². The van der Waals surface area contributed by atoms with Gasteiger partial charge in [0.1, 0.15) is 12.1 Å². The third-order valence-corrected chi connectivity index (χ3v) is 3.72. The molecule has 0 bridgehead atoms. The molecule has 1 aromatic heterocycles. The van der Waals surface area contributed by atoms with E-state index in [1.165, 1.54) is 0 Å². The summed E-state index contributed by atoms with van der Waals surface area (Å²) < 4.78 is 23.1. The summed E-state index contributed by atoms with van der Waals surface area (Å²) in [6.07, 6.45) is 6.39. The van der Waals surface area contributed by atoms with Gasteiger partial charge in [-0.15, -0.1) is 0 Å². The summed E-state index contributed by atoms with van der Waals surface area (Å²) in [5.74, 6) is 1.57. The molecule has 0 amide bonds. The van der Waals surface area contributed by atoms with Crippen molar-refractivity contribution in [1.82, 2.24) is 14.7 Å². The van der Waals surface area contributed by atoms with Crippen LogP contribution in [0.25, 0.3) is 0 Å². The number of hydrogen-bond donors (Lipinski definition) is 1. The molecule has 1 atom stereocenters. The zero-order valence-corrected chi connectivity index (χ0v) is 10.9. The Morgan fingerprint density at radius 1 is 1.50 bits per heavy atom. The van der Waals surface area contributed by atoms with Crippen molar-refractivity contribution < 1.29 is 8.76 Å². The van der Waals surface area contributed by atoms with Gasteiger partial charge >= 0.3 is 0 Å². The Hall–Kier alpha value is -1.05. The predicted octanol–water partition coefficient (Wildman–Crippen LogP) is 0.467. The number of nitrogens with zero attached hydrogens (tertiary/aromatic N) is 3. The average molecular weight is 269 g/mol. The van der Waals surface area contributed by atoms with E-state index in [4.69, 9.17) is 0 Å². The number of hydrogen-bond acceptors (Lipinski definition) is 5. The second-order valence-electron chi connectivity index (χ2n) is 4.42. The van der Waals surface area contributed by atoms with Crippen molar-refractivity contribution in [3.63, 3.8) is 0 Å². The molecule has 0 saturated carbocycles. The fraction of sp³-hybridized carbons (Fsp3) is 0.636. The van der Waals surface area contributed by atoms with Crippen LogP contribution in [-0.2, 0) is 11.3 Å². The van der Waals surface area contributed by atoms with E-state index in [1.807, 2.05) is 6.07 Å². The van der Waals surface area contributed by atoms with Crippen molar-refractivity contribution in [2.45, 2.75) is 19.3 Å². The Balaban J connectivity index is 1.73. The first kappa shape index (κ1) is 13.4. The van der Waals surface area contributed by atoms with Gasteiger partial charge in [-0.1, -0.05) is 0 Å². The molecule has 6 nitrogen and oxygen atoms in total. The van der Waals surface area contributed by atoms with Gasteiger partial charge in [-0.2, -0.15) is 0 Å². The molecule has 1 unspecified atom stereocenters. The van der Waals surface area contributed by atoms with Gasteiger partial charge < -0.3 is 9.45 Å². The minimum absolute atomic E-state index is 0.536. The van der Waals surface area contributed by atoms with Crippen LogP contribution in [0.2, 0.25) is 0 Å². The van der Waals surface area contributed by atoms with Crippen molar-refractivity contribution in [2.24, 2.45) is 5.92 Å². The molecule has 7 heteroatoms. The molecule has 100 valence electrons. The van der Waals surface area contributed by atoms with Gasteiger partial charge in [0.15, 0.2) is 0 Å². The van der Waals surface area contributed by atoms with Crippen LogP contribution in [0.3, 0.4) is 0 Å². The van der Waals surface area contributed by atoms with Gasteiger partial charge in [-0.25, -0.2) is 14.7 Å². The SMILES string of the molecule is O=S([O-])NCCC1CCN(c2ccncn2)CC1. The van der Waals surface area contributed by atoms with E-state index in [-0.39, 0.29) is 0 Å². The van der Waals surface area contributed by atoms with Crippen LogP contribution in [0.4, 0.5) is 5.82 Å². The minimum atomic E-state index is -2.13. The molecule has 2 heterocycles. The van der Waals surface area contributed by atoms with Crippen LogP contribution >= 0.6 is 0 Å². The summed E-state index contributed by atoms with van der Waals surface area (Å²) in [6, 6.07) is 1.92. The highest BCUT2D eigenvalue weighted by atomic mass is 32.2. The topological polar surface area (TPSA) is 81.2 Å². The first-order valence-corrected chi connectivity index (χ1v) is 7.17. The van der Waals surface area contributed by atoms with Gasteiger partial charge in [-0.3, -0.25) is 4.21 Å². The molecule has 1 N–H and O–H groups in total. The van der Waals surface area contributed by atoms with Crippen molar-refractivity contribution in [3.05, 3.63) is 18.6 Å². The van der Waals surface area contributed by atoms with E-state index in [0.717, 1.165) is 38.2 Å². The Morgan fingerprint density at radius 3 is 2.89 bits per heavy atom. The molecule has 1 aliphatic rings. The Labute approximate surface area is 109 Å². The van der Waals surface area contributed by atoms with Gasteiger partial charge in [-0.05, 0) is 31.2 Å². The maximum atomic E-state index is 10.3. The second kappa shape index (κ2) is 6.77. The van der Waals surface area contributed by atoms with E-state index in [2.05, 4.69) is 19.6 Å². The standard InChI is InChI=1S/C11H18N4O2S/c16-18(17)14-6-1-10-3-7-15(8-4-10)11-2-5-12-9-13-11/h2,5,9-10,14H,1,3-4,6-8H2,(H,16,17)/p-1. The maximum absolute atomic E-state index is 10.3. The maximum Gasteiger partial charge on any atom is 0.131 e. The van der Waals surface area contributed by atoms with Crippen molar-refractivity contribution >= 4 is 17.1 Å². The Kier molecular flexibility index (Phi) is 5.03. The summed E-state index contributed by atoms with van der Waals surface area (Å²) in [4.78, 5) is 10.4. The minimum Gasteiger partial charge on any atom is -0.760 e. The number of aromatic nitrogens is 2. The van der Waals surface area contributed by atoms with Crippen LogP contribution in [0.1, 0.15) is 19.3 Å². The molecule has 1 fully saturated rings. The molecule has 18 heavy (non-hydrogen) atoms. The normalized spacial score (nSPS) is 18.8. The molecule has 1 saturated heterocycles. The van der Waals surface area contributed by atoms with Crippen molar-refractivity contribution in [1.29, 1.82) is 0 Å². The fourth-order valence-corrected chi connectivity index (χ4v) is 2.55. The quantitative estimate of drug-likeness (QED) is 0.786. The molecular formula is C11H17N4O2S-. The lowest BCUT2D eigenvalue weighted by molar-refractivity contribution is 0.379. The van der Waals surface area contributed by atoms with E-state index in [9.17, 15) is 8.76 Å². The number of anilines is 1. The average Bonchev–Trinajstić information content (AvgIpc) is 2.40. The Morgan fingerprint density at radius 2 is 2.28 bits per heavy atom. The zero-order chi connectivity index (χ0) is 12.8. The summed E-state index contributed by atoms with van der Waals surface area (Å²) in [5.41, 5.74) is 0. The van der Waals surface area contributed by atoms with E-state index in [1.54, 1.807) is 12.5 Å². The third-order valence-electron chi connectivity index (χ3n) is 3.28. The van der Waals surface area contributed by atoms with Gasteiger partial charge in [0, 0.05) is 37.1 Å².